The highest BCUT2D eigenvalue weighted by Crippen LogP contribution is 2.38. The van der Waals surface area contributed by atoms with Crippen molar-refractivity contribution >= 4 is 23.8 Å². The molecule has 2 amide bonds. The van der Waals surface area contributed by atoms with Gasteiger partial charge in [0.05, 0.1) is 5.54 Å². The van der Waals surface area contributed by atoms with Gasteiger partial charge >= 0.3 is 0 Å². The third-order valence-corrected chi connectivity index (χ3v) is 7.73. The number of amides is 2. The largest absolute Gasteiger partial charge is 0.348 e. The SMILES string of the molecule is C=CCCCCC(CC)CC(=O)N1CCCC1C(=O)NC1(CNSC2CC2)CC1. The van der Waals surface area contributed by atoms with Gasteiger partial charge in [-0.05, 0) is 63.7 Å². The Balaban J connectivity index is 1.44. The Labute approximate surface area is 181 Å². The number of hydrogen-bond donors (Lipinski definition) is 2. The quantitative estimate of drug-likeness (QED) is 0.251. The molecule has 2 aliphatic carbocycles. The highest BCUT2D eigenvalue weighted by Gasteiger charge is 2.46. The lowest BCUT2D eigenvalue weighted by atomic mass is 9.94. The summed E-state index contributed by atoms with van der Waals surface area (Å²) in [5, 5.41) is 4.06. The molecule has 2 N–H and O–H groups in total. The van der Waals surface area contributed by atoms with E-state index in [1.807, 2.05) is 22.9 Å². The third kappa shape index (κ3) is 7.02. The summed E-state index contributed by atoms with van der Waals surface area (Å²) in [6.45, 7) is 7.51. The summed E-state index contributed by atoms with van der Waals surface area (Å²) in [4.78, 5) is 27.8. The van der Waals surface area contributed by atoms with Crippen LogP contribution in [0.25, 0.3) is 0 Å². The summed E-state index contributed by atoms with van der Waals surface area (Å²) in [6.07, 6.45) is 14.4. The maximum Gasteiger partial charge on any atom is 0.243 e. The van der Waals surface area contributed by atoms with Gasteiger partial charge in [0.15, 0.2) is 0 Å². The molecule has 5 nitrogen and oxygen atoms in total. The van der Waals surface area contributed by atoms with Crippen molar-refractivity contribution in [3.8, 4) is 0 Å². The first-order valence-electron chi connectivity index (χ1n) is 11.7. The lowest BCUT2D eigenvalue weighted by Gasteiger charge is -2.28. The van der Waals surface area contributed by atoms with E-state index in [2.05, 4.69) is 23.5 Å². The van der Waals surface area contributed by atoms with Gasteiger partial charge in [-0.3, -0.25) is 14.3 Å². The topological polar surface area (TPSA) is 61.4 Å². The smallest absolute Gasteiger partial charge is 0.243 e. The lowest BCUT2D eigenvalue weighted by molar-refractivity contribution is -0.139. The van der Waals surface area contributed by atoms with E-state index in [-0.39, 0.29) is 23.4 Å². The molecule has 164 valence electrons. The Morgan fingerprint density at radius 1 is 1.28 bits per heavy atom. The van der Waals surface area contributed by atoms with E-state index in [0.29, 0.717) is 12.3 Å². The van der Waals surface area contributed by atoms with E-state index < -0.39 is 0 Å². The molecule has 0 spiro atoms. The van der Waals surface area contributed by atoms with Gasteiger partial charge in [0.1, 0.15) is 6.04 Å². The normalized spacial score (nSPS) is 23.6. The molecule has 1 saturated heterocycles. The van der Waals surface area contributed by atoms with Gasteiger partial charge in [-0.25, -0.2) is 0 Å². The second kappa shape index (κ2) is 10.9. The predicted octanol–water partition coefficient (Wildman–Crippen LogP) is 4.19. The summed E-state index contributed by atoms with van der Waals surface area (Å²) < 4.78 is 3.46. The summed E-state index contributed by atoms with van der Waals surface area (Å²) in [5.41, 5.74) is -0.0760. The minimum absolute atomic E-state index is 0.0607. The van der Waals surface area contributed by atoms with Crippen molar-refractivity contribution < 1.29 is 9.59 Å². The van der Waals surface area contributed by atoms with Gasteiger partial charge in [0.25, 0.3) is 0 Å². The molecule has 29 heavy (non-hydrogen) atoms. The maximum atomic E-state index is 13.0. The minimum Gasteiger partial charge on any atom is -0.348 e. The van der Waals surface area contributed by atoms with Crippen LogP contribution < -0.4 is 10.0 Å². The first kappa shape index (κ1) is 22.7. The Morgan fingerprint density at radius 2 is 2.07 bits per heavy atom. The van der Waals surface area contributed by atoms with Crippen LogP contribution in [0.1, 0.15) is 84.0 Å². The zero-order chi connectivity index (χ0) is 20.7. The number of allylic oxidation sites excluding steroid dienone is 1. The lowest BCUT2D eigenvalue weighted by Crippen LogP contribution is -2.52. The molecule has 2 atom stereocenters. The molecule has 1 aliphatic heterocycles. The molecule has 3 rings (SSSR count). The molecular formula is C23H39N3O2S. The van der Waals surface area contributed by atoms with Crippen molar-refractivity contribution in [3.05, 3.63) is 12.7 Å². The summed E-state index contributed by atoms with van der Waals surface area (Å²) >= 11 is 1.82. The van der Waals surface area contributed by atoms with E-state index in [1.54, 1.807) is 0 Å². The number of carbonyl (C=O) groups excluding carboxylic acids is 2. The van der Waals surface area contributed by atoms with Gasteiger partial charge in [0, 0.05) is 24.8 Å². The van der Waals surface area contributed by atoms with Crippen molar-refractivity contribution in [2.75, 3.05) is 13.1 Å². The van der Waals surface area contributed by atoms with Crippen molar-refractivity contribution in [1.29, 1.82) is 0 Å². The van der Waals surface area contributed by atoms with Gasteiger partial charge in [-0.15, -0.1) is 6.58 Å². The van der Waals surface area contributed by atoms with E-state index in [0.717, 1.165) is 76.1 Å². The van der Waals surface area contributed by atoms with Gasteiger partial charge < -0.3 is 10.2 Å². The first-order valence-corrected chi connectivity index (χ1v) is 12.6. The molecule has 3 fully saturated rings. The Bertz CT molecular complexity index is 574. The molecule has 0 aromatic heterocycles. The van der Waals surface area contributed by atoms with Crippen molar-refractivity contribution in [2.24, 2.45) is 5.92 Å². The number of hydrogen-bond acceptors (Lipinski definition) is 4. The molecule has 0 aromatic rings. The van der Waals surface area contributed by atoms with Crippen LogP contribution in [0.3, 0.4) is 0 Å². The number of likely N-dealkylation sites (tertiary alicyclic amines) is 1. The first-order chi connectivity index (χ1) is 14.1. The van der Waals surface area contributed by atoms with Crippen LogP contribution in [0.2, 0.25) is 0 Å². The van der Waals surface area contributed by atoms with Crippen LogP contribution in [0, 0.1) is 5.92 Å². The van der Waals surface area contributed by atoms with Gasteiger partial charge in [-0.1, -0.05) is 37.8 Å². The Kier molecular flexibility index (Phi) is 8.48. The number of unbranched alkanes of at least 4 members (excludes halogenated alkanes) is 2. The molecule has 0 bridgehead atoms. The van der Waals surface area contributed by atoms with Crippen molar-refractivity contribution in [1.82, 2.24) is 14.9 Å². The van der Waals surface area contributed by atoms with Crippen LogP contribution in [0.5, 0.6) is 0 Å². The molecule has 6 heteroatoms. The van der Waals surface area contributed by atoms with Gasteiger partial charge in [-0.2, -0.15) is 0 Å². The summed E-state index contributed by atoms with van der Waals surface area (Å²) in [7, 11) is 0. The second-order valence-corrected chi connectivity index (χ2v) is 10.4. The number of nitrogens with zero attached hydrogens (tertiary/aromatic N) is 1. The van der Waals surface area contributed by atoms with E-state index >= 15 is 0 Å². The Morgan fingerprint density at radius 3 is 2.72 bits per heavy atom. The van der Waals surface area contributed by atoms with Crippen molar-refractivity contribution in [3.63, 3.8) is 0 Å². The summed E-state index contributed by atoms with van der Waals surface area (Å²) in [5.74, 6) is 0.658. The summed E-state index contributed by atoms with van der Waals surface area (Å²) in [6, 6.07) is -0.269. The van der Waals surface area contributed by atoms with E-state index in [1.165, 1.54) is 12.8 Å². The average molecular weight is 422 g/mol. The maximum absolute atomic E-state index is 13.0. The number of rotatable bonds is 14. The van der Waals surface area contributed by atoms with Crippen LogP contribution in [0.4, 0.5) is 0 Å². The highest BCUT2D eigenvalue weighted by molar-refractivity contribution is 7.98. The molecule has 0 radical (unpaired) electrons. The minimum atomic E-state index is -0.269. The molecular weight excluding hydrogens is 382 g/mol. The zero-order valence-electron chi connectivity index (χ0n) is 18.1. The molecule has 2 unspecified atom stereocenters. The fraction of sp³-hybridized carbons (Fsp3) is 0.826. The molecule has 0 aromatic carbocycles. The van der Waals surface area contributed by atoms with E-state index in [9.17, 15) is 9.59 Å². The fourth-order valence-corrected chi connectivity index (χ4v) is 5.17. The second-order valence-electron chi connectivity index (χ2n) is 9.20. The van der Waals surface area contributed by atoms with Crippen LogP contribution in [-0.2, 0) is 9.59 Å². The predicted molar refractivity (Wildman–Crippen MR) is 121 cm³/mol. The van der Waals surface area contributed by atoms with Crippen LogP contribution in [0.15, 0.2) is 12.7 Å². The van der Waals surface area contributed by atoms with Crippen LogP contribution >= 0.6 is 11.9 Å². The molecule has 3 aliphatic rings. The standard InChI is InChI=1S/C23H39N3O2S/c1-3-5-6-7-9-18(4-2)16-21(27)26-15-8-10-20(26)22(28)25-23(13-14-23)17-24-29-19-11-12-19/h3,18-20,24H,1,4-17H2,2H3,(H,25,28). The van der Waals surface area contributed by atoms with Gasteiger partial charge in [0.2, 0.25) is 11.8 Å². The number of carbonyl (C=O) groups is 2. The van der Waals surface area contributed by atoms with Crippen molar-refractivity contribution in [2.45, 2.75) is 101 Å². The van der Waals surface area contributed by atoms with Crippen LogP contribution in [-0.4, -0.2) is 46.6 Å². The van der Waals surface area contributed by atoms with E-state index in [4.69, 9.17) is 0 Å². The fourth-order valence-electron chi connectivity index (χ4n) is 4.20. The molecule has 2 saturated carbocycles. The third-order valence-electron chi connectivity index (χ3n) is 6.61. The monoisotopic (exact) mass is 421 g/mol. The number of nitrogens with one attached hydrogen (secondary N) is 2. The molecule has 1 heterocycles. The highest BCUT2D eigenvalue weighted by atomic mass is 32.2. The Hall–Kier alpha value is -1.01. The zero-order valence-corrected chi connectivity index (χ0v) is 18.9. The average Bonchev–Trinajstić information content (AvgIpc) is 3.63.